The number of carbonyl (C=O) groups excluding carboxylic acids is 1. The molecule has 1 amide bonds. The second-order valence-corrected chi connectivity index (χ2v) is 5.33. The molecular formula is C12H24N2O. The van der Waals surface area contributed by atoms with Crippen molar-refractivity contribution in [1.82, 2.24) is 5.32 Å². The third kappa shape index (κ3) is 3.20. The Balaban J connectivity index is 2.63. The number of nitrogens with one attached hydrogen (secondary N) is 1. The van der Waals surface area contributed by atoms with Gasteiger partial charge in [-0.25, -0.2) is 0 Å². The average molecular weight is 212 g/mol. The Morgan fingerprint density at radius 1 is 1.60 bits per heavy atom. The maximum atomic E-state index is 11.7. The molecule has 0 aromatic rings. The van der Waals surface area contributed by atoms with Gasteiger partial charge in [0.2, 0.25) is 5.91 Å². The van der Waals surface area contributed by atoms with E-state index in [0.717, 1.165) is 12.8 Å². The minimum atomic E-state index is -0.126. The molecule has 1 aliphatic carbocycles. The molecule has 1 fully saturated rings. The lowest BCUT2D eigenvalue weighted by molar-refractivity contribution is -0.126. The SMILES string of the molecule is CC1CCCC(CN)(NC(=O)C(C)C)C1. The van der Waals surface area contributed by atoms with E-state index in [1.807, 2.05) is 13.8 Å². The van der Waals surface area contributed by atoms with Gasteiger partial charge in [-0.1, -0.05) is 33.6 Å². The van der Waals surface area contributed by atoms with Crippen molar-refractivity contribution in [3.63, 3.8) is 0 Å². The number of amides is 1. The van der Waals surface area contributed by atoms with Gasteiger partial charge in [0.25, 0.3) is 0 Å². The molecule has 2 atom stereocenters. The summed E-state index contributed by atoms with van der Waals surface area (Å²) in [6.07, 6.45) is 4.50. The monoisotopic (exact) mass is 212 g/mol. The van der Waals surface area contributed by atoms with Crippen LogP contribution in [0, 0.1) is 11.8 Å². The Bertz CT molecular complexity index is 228. The lowest BCUT2D eigenvalue weighted by atomic mass is 9.76. The fraction of sp³-hybridized carbons (Fsp3) is 0.917. The molecule has 0 radical (unpaired) electrons. The summed E-state index contributed by atoms with van der Waals surface area (Å²) in [5, 5.41) is 3.15. The van der Waals surface area contributed by atoms with Crippen LogP contribution < -0.4 is 11.1 Å². The van der Waals surface area contributed by atoms with E-state index in [9.17, 15) is 4.79 Å². The first-order valence-electron chi connectivity index (χ1n) is 6.01. The van der Waals surface area contributed by atoms with Crippen LogP contribution in [0.2, 0.25) is 0 Å². The molecule has 0 saturated heterocycles. The summed E-state index contributed by atoms with van der Waals surface area (Å²) in [6, 6.07) is 0. The van der Waals surface area contributed by atoms with Gasteiger partial charge in [-0.05, 0) is 18.8 Å². The van der Waals surface area contributed by atoms with Crippen LogP contribution in [0.1, 0.15) is 46.5 Å². The van der Waals surface area contributed by atoms with Crippen LogP contribution in [0.25, 0.3) is 0 Å². The van der Waals surface area contributed by atoms with Crippen molar-refractivity contribution in [2.45, 2.75) is 52.0 Å². The topological polar surface area (TPSA) is 55.1 Å². The van der Waals surface area contributed by atoms with E-state index in [0.29, 0.717) is 12.5 Å². The van der Waals surface area contributed by atoms with Crippen LogP contribution >= 0.6 is 0 Å². The molecule has 1 saturated carbocycles. The predicted molar refractivity (Wildman–Crippen MR) is 62.4 cm³/mol. The van der Waals surface area contributed by atoms with Gasteiger partial charge in [0.15, 0.2) is 0 Å². The first kappa shape index (κ1) is 12.5. The molecular weight excluding hydrogens is 188 g/mol. The summed E-state index contributed by atoms with van der Waals surface area (Å²) in [4.78, 5) is 11.7. The highest BCUT2D eigenvalue weighted by atomic mass is 16.2. The molecule has 3 N–H and O–H groups in total. The Hall–Kier alpha value is -0.570. The first-order chi connectivity index (χ1) is 6.99. The van der Waals surface area contributed by atoms with E-state index in [2.05, 4.69) is 12.2 Å². The molecule has 2 unspecified atom stereocenters. The van der Waals surface area contributed by atoms with Crippen LogP contribution in [0.4, 0.5) is 0 Å². The fourth-order valence-corrected chi connectivity index (χ4v) is 2.42. The zero-order valence-electron chi connectivity index (χ0n) is 10.2. The van der Waals surface area contributed by atoms with Crippen LogP contribution in [-0.4, -0.2) is 18.0 Å². The van der Waals surface area contributed by atoms with Crippen molar-refractivity contribution >= 4 is 5.91 Å². The van der Waals surface area contributed by atoms with E-state index in [1.165, 1.54) is 12.8 Å². The molecule has 0 bridgehead atoms. The van der Waals surface area contributed by atoms with Gasteiger partial charge in [0.05, 0.1) is 5.54 Å². The molecule has 0 heterocycles. The van der Waals surface area contributed by atoms with Crippen LogP contribution in [0.5, 0.6) is 0 Å². The van der Waals surface area contributed by atoms with Gasteiger partial charge in [-0.2, -0.15) is 0 Å². The Morgan fingerprint density at radius 3 is 2.73 bits per heavy atom. The van der Waals surface area contributed by atoms with Gasteiger partial charge in [0.1, 0.15) is 0 Å². The first-order valence-corrected chi connectivity index (χ1v) is 6.01. The largest absolute Gasteiger partial charge is 0.349 e. The molecule has 0 aromatic carbocycles. The Morgan fingerprint density at radius 2 is 2.27 bits per heavy atom. The normalized spacial score (nSPS) is 31.7. The number of carbonyl (C=O) groups is 1. The maximum absolute atomic E-state index is 11.7. The summed E-state index contributed by atoms with van der Waals surface area (Å²) < 4.78 is 0. The lowest BCUT2D eigenvalue weighted by Crippen LogP contribution is -2.56. The fourth-order valence-electron chi connectivity index (χ4n) is 2.42. The minimum absolute atomic E-state index is 0.0469. The highest BCUT2D eigenvalue weighted by Gasteiger charge is 2.35. The summed E-state index contributed by atoms with van der Waals surface area (Å²) in [5.74, 6) is 0.856. The van der Waals surface area contributed by atoms with E-state index < -0.39 is 0 Å². The van der Waals surface area contributed by atoms with Gasteiger partial charge in [0, 0.05) is 12.5 Å². The minimum Gasteiger partial charge on any atom is -0.349 e. The van der Waals surface area contributed by atoms with Crippen LogP contribution in [0.15, 0.2) is 0 Å². The number of hydrogen-bond donors (Lipinski definition) is 2. The zero-order valence-corrected chi connectivity index (χ0v) is 10.2. The highest BCUT2D eigenvalue weighted by Crippen LogP contribution is 2.31. The van der Waals surface area contributed by atoms with E-state index in [1.54, 1.807) is 0 Å². The van der Waals surface area contributed by atoms with Gasteiger partial charge >= 0.3 is 0 Å². The van der Waals surface area contributed by atoms with Crippen LogP contribution in [-0.2, 0) is 4.79 Å². The van der Waals surface area contributed by atoms with Gasteiger partial charge in [-0.15, -0.1) is 0 Å². The predicted octanol–water partition coefficient (Wildman–Crippen LogP) is 1.67. The van der Waals surface area contributed by atoms with E-state index in [4.69, 9.17) is 5.73 Å². The van der Waals surface area contributed by atoms with E-state index in [-0.39, 0.29) is 17.4 Å². The average Bonchev–Trinajstić information content (AvgIpc) is 2.17. The smallest absolute Gasteiger partial charge is 0.223 e. The zero-order chi connectivity index (χ0) is 11.5. The lowest BCUT2D eigenvalue weighted by Gasteiger charge is -2.40. The third-order valence-corrected chi connectivity index (χ3v) is 3.39. The summed E-state index contributed by atoms with van der Waals surface area (Å²) in [5.41, 5.74) is 5.71. The van der Waals surface area contributed by atoms with Crippen molar-refractivity contribution in [1.29, 1.82) is 0 Å². The van der Waals surface area contributed by atoms with Gasteiger partial charge < -0.3 is 11.1 Å². The highest BCUT2D eigenvalue weighted by molar-refractivity contribution is 5.78. The molecule has 0 aromatic heterocycles. The molecule has 1 aliphatic rings. The molecule has 3 heteroatoms. The number of rotatable bonds is 3. The molecule has 15 heavy (non-hydrogen) atoms. The molecule has 1 rings (SSSR count). The number of nitrogens with two attached hydrogens (primary N) is 1. The third-order valence-electron chi connectivity index (χ3n) is 3.39. The summed E-state index contributed by atoms with van der Waals surface area (Å²) in [6.45, 7) is 6.65. The quantitative estimate of drug-likeness (QED) is 0.747. The van der Waals surface area contributed by atoms with Crippen molar-refractivity contribution < 1.29 is 4.79 Å². The Kier molecular flexibility index (Phi) is 4.14. The molecule has 0 aliphatic heterocycles. The molecule has 3 nitrogen and oxygen atoms in total. The van der Waals surface area contributed by atoms with Crippen molar-refractivity contribution in [3.05, 3.63) is 0 Å². The van der Waals surface area contributed by atoms with Crippen molar-refractivity contribution in [2.75, 3.05) is 6.54 Å². The van der Waals surface area contributed by atoms with E-state index >= 15 is 0 Å². The summed E-state index contributed by atoms with van der Waals surface area (Å²) >= 11 is 0. The van der Waals surface area contributed by atoms with Gasteiger partial charge in [-0.3, -0.25) is 4.79 Å². The second-order valence-electron chi connectivity index (χ2n) is 5.33. The number of hydrogen-bond acceptors (Lipinski definition) is 2. The standard InChI is InChI=1S/C12H24N2O/c1-9(2)11(15)14-12(8-13)6-4-5-10(3)7-12/h9-10H,4-8,13H2,1-3H3,(H,14,15). The van der Waals surface area contributed by atoms with Crippen molar-refractivity contribution in [2.24, 2.45) is 17.6 Å². The van der Waals surface area contributed by atoms with Crippen molar-refractivity contribution in [3.8, 4) is 0 Å². The second kappa shape index (κ2) is 4.97. The van der Waals surface area contributed by atoms with Crippen LogP contribution in [0.3, 0.4) is 0 Å². The maximum Gasteiger partial charge on any atom is 0.223 e. The Labute approximate surface area is 92.8 Å². The molecule has 88 valence electrons. The summed E-state index contributed by atoms with van der Waals surface area (Å²) in [7, 11) is 0. The molecule has 0 spiro atoms.